The Morgan fingerprint density at radius 1 is 1.27 bits per heavy atom. The van der Waals surface area contributed by atoms with E-state index in [2.05, 4.69) is 20.4 Å². The summed E-state index contributed by atoms with van der Waals surface area (Å²) in [4.78, 5) is 21.8. The molecule has 3 rings (SSSR count). The topological polar surface area (TPSA) is 90.1 Å². The van der Waals surface area contributed by atoms with Crippen molar-refractivity contribution in [3.63, 3.8) is 0 Å². The number of nitrogens with zero attached hydrogens (tertiary/aromatic N) is 3. The first-order valence-electron chi connectivity index (χ1n) is 8.22. The average Bonchev–Trinajstić information content (AvgIpc) is 3.21. The van der Waals surface area contributed by atoms with Gasteiger partial charge in [-0.2, -0.15) is 4.98 Å². The van der Waals surface area contributed by atoms with Crippen LogP contribution in [0.2, 0.25) is 0 Å². The molecule has 3 aromatic rings. The van der Waals surface area contributed by atoms with Gasteiger partial charge in [0.2, 0.25) is 5.91 Å². The van der Waals surface area contributed by atoms with Crippen molar-refractivity contribution in [2.24, 2.45) is 0 Å². The number of carbonyl (C=O) groups excluding carboxylic acids is 1. The molecule has 0 spiro atoms. The molecule has 2 aromatic heterocycles. The lowest BCUT2D eigenvalue weighted by Gasteiger charge is -2.12. The third-order valence-corrected chi connectivity index (χ3v) is 5.04. The fourth-order valence-electron chi connectivity index (χ4n) is 2.49. The molecule has 2 heterocycles. The van der Waals surface area contributed by atoms with Crippen LogP contribution in [0.4, 0.5) is 0 Å². The van der Waals surface area contributed by atoms with Crippen LogP contribution in [0.5, 0.6) is 0 Å². The summed E-state index contributed by atoms with van der Waals surface area (Å²) in [7, 11) is 0. The summed E-state index contributed by atoms with van der Waals surface area (Å²) in [6.07, 6.45) is 0. The van der Waals surface area contributed by atoms with E-state index in [0.29, 0.717) is 11.7 Å². The Morgan fingerprint density at radius 2 is 2.04 bits per heavy atom. The van der Waals surface area contributed by atoms with Gasteiger partial charge in [0.05, 0.1) is 16.6 Å². The highest BCUT2D eigenvalue weighted by Gasteiger charge is 2.17. The van der Waals surface area contributed by atoms with E-state index in [1.165, 1.54) is 0 Å². The molecule has 1 aromatic carbocycles. The van der Waals surface area contributed by atoms with Gasteiger partial charge in [-0.25, -0.2) is 4.98 Å². The van der Waals surface area contributed by atoms with Crippen LogP contribution in [0.3, 0.4) is 0 Å². The van der Waals surface area contributed by atoms with Gasteiger partial charge < -0.3 is 14.6 Å². The Kier molecular flexibility index (Phi) is 5.75. The van der Waals surface area contributed by atoms with Crippen LogP contribution in [-0.4, -0.2) is 27.6 Å². The molecule has 1 N–H and O–H groups in total. The zero-order chi connectivity index (χ0) is 18.5. The van der Waals surface area contributed by atoms with Gasteiger partial charge in [0.15, 0.2) is 5.82 Å². The van der Waals surface area contributed by atoms with Crippen molar-refractivity contribution in [1.29, 1.82) is 0 Å². The van der Waals surface area contributed by atoms with E-state index >= 15 is 0 Å². The summed E-state index contributed by atoms with van der Waals surface area (Å²) < 4.78 is 10.2. The van der Waals surface area contributed by atoms with Crippen molar-refractivity contribution in [2.45, 2.75) is 33.4 Å². The zero-order valence-electron chi connectivity index (χ0n) is 14.9. The second kappa shape index (κ2) is 8.20. The van der Waals surface area contributed by atoms with Crippen LogP contribution in [0.1, 0.15) is 35.3 Å². The van der Waals surface area contributed by atoms with Gasteiger partial charge in [-0.3, -0.25) is 4.79 Å². The highest BCUT2D eigenvalue weighted by Crippen LogP contribution is 2.31. The number of benzene rings is 1. The number of carbonyl (C=O) groups is 1. The lowest BCUT2D eigenvalue weighted by Crippen LogP contribution is -2.30. The summed E-state index contributed by atoms with van der Waals surface area (Å²) in [6, 6.07) is 9.85. The molecule has 0 aliphatic heterocycles. The molecule has 0 saturated heterocycles. The summed E-state index contributed by atoms with van der Waals surface area (Å²) in [5, 5.41) is 7.55. The second-order valence-corrected chi connectivity index (χ2v) is 6.88. The standard InChI is InChI=1S/C18H20N4O3S/c1-11(19-15(23)9-24-10-16-21-13(3)22-25-16)17-12(2)20-18(26-17)14-7-5-4-6-8-14/h4-8,11H,9-10H2,1-3H3,(H,19,23). The normalized spacial score (nSPS) is 12.1. The molecule has 0 radical (unpaired) electrons. The highest BCUT2D eigenvalue weighted by molar-refractivity contribution is 7.15. The molecular formula is C18H20N4O3S. The molecular weight excluding hydrogens is 352 g/mol. The quantitative estimate of drug-likeness (QED) is 0.685. The number of aromatic nitrogens is 3. The molecule has 136 valence electrons. The minimum atomic E-state index is -0.206. The summed E-state index contributed by atoms with van der Waals surface area (Å²) in [6.45, 7) is 5.65. The van der Waals surface area contributed by atoms with Gasteiger partial charge in [0.1, 0.15) is 18.2 Å². The number of thiazole rings is 1. The van der Waals surface area contributed by atoms with Crippen molar-refractivity contribution in [3.05, 3.63) is 52.6 Å². The van der Waals surface area contributed by atoms with Crippen LogP contribution in [0, 0.1) is 13.8 Å². The van der Waals surface area contributed by atoms with Crippen LogP contribution < -0.4 is 5.32 Å². The number of rotatable bonds is 7. The number of nitrogens with one attached hydrogen (secondary N) is 1. The van der Waals surface area contributed by atoms with E-state index in [-0.39, 0.29) is 25.2 Å². The van der Waals surface area contributed by atoms with Crippen molar-refractivity contribution in [1.82, 2.24) is 20.4 Å². The van der Waals surface area contributed by atoms with Crippen molar-refractivity contribution in [2.75, 3.05) is 6.61 Å². The van der Waals surface area contributed by atoms with Gasteiger partial charge in [-0.1, -0.05) is 35.5 Å². The first kappa shape index (κ1) is 18.2. The summed E-state index contributed by atoms with van der Waals surface area (Å²) in [5.74, 6) is 0.688. The Balaban J connectivity index is 1.55. The lowest BCUT2D eigenvalue weighted by molar-refractivity contribution is -0.127. The van der Waals surface area contributed by atoms with Crippen LogP contribution in [0.25, 0.3) is 10.6 Å². The SMILES string of the molecule is Cc1noc(COCC(=O)NC(C)c2sc(-c3ccccc3)nc2C)n1. The minimum Gasteiger partial charge on any atom is -0.362 e. The number of ether oxygens (including phenoxy) is 1. The largest absolute Gasteiger partial charge is 0.362 e. The van der Waals surface area contributed by atoms with Crippen molar-refractivity contribution >= 4 is 17.2 Å². The van der Waals surface area contributed by atoms with Gasteiger partial charge in [-0.15, -0.1) is 11.3 Å². The van der Waals surface area contributed by atoms with E-state index < -0.39 is 0 Å². The van der Waals surface area contributed by atoms with Crippen LogP contribution in [0.15, 0.2) is 34.9 Å². The Hall–Kier alpha value is -2.58. The predicted molar refractivity (Wildman–Crippen MR) is 97.5 cm³/mol. The number of aryl methyl sites for hydroxylation is 2. The maximum absolute atomic E-state index is 12.1. The van der Waals surface area contributed by atoms with Gasteiger partial charge in [-0.05, 0) is 20.8 Å². The van der Waals surface area contributed by atoms with Crippen LogP contribution in [-0.2, 0) is 16.1 Å². The summed E-state index contributed by atoms with van der Waals surface area (Å²) >= 11 is 1.59. The van der Waals surface area contributed by atoms with E-state index in [1.54, 1.807) is 18.3 Å². The molecule has 0 saturated carbocycles. The number of hydrogen-bond acceptors (Lipinski definition) is 7. The molecule has 1 unspecified atom stereocenters. The Bertz CT molecular complexity index is 876. The van der Waals surface area contributed by atoms with E-state index in [0.717, 1.165) is 21.1 Å². The first-order valence-corrected chi connectivity index (χ1v) is 9.03. The van der Waals surface area contributed by atoms with Gasteiger partial charge in [0.25, 0.3) is 5.89 Å². The lowest BCUT2D eigenvalue weighted by atomic mass is 10.2. The van der Waals surface area contributed by atoms with Crippen molar-refractivity contribution < 1.29 is 14.1 Å². The molecule has 8 heteroatoms. The molecule has 0 aliphatic rings. The molecule has 0 bridgehead atoms. The van der Waals surface area contributed by atoms with Crippen molar-refractivity contribution in [3.8, 4) is 10.6 Å². The molecule has 7 nitrogen and oxygen atoms in total. The fourth-order valence-corrected chi connectivity index (χ4v) is 3.57. The third kappa shape index (κ3) is 4.53. The molecule has 1 amide bonds. The van der Waals surface area contributed by atoms with E-state index in [4.69, 9.17) is 9.26 Å². The minimum absolute atomic E-state index is 0.0742. The first-order chi connectivity index (χ1) is 12.5. The zero-order valence-corrected chi connectivity index (χ0v) is 15.7. The van der Waals surface area contributed by atoms with E-state index in [9.17, 15) is 4.79 Å². The Morgan fingerprint density at radius 3 is 2.73 bits per heavy atom. The molecule has 0 fully saturated rings. The molecule has 0 aliphatic carbocycles. The number of hydrogen-bond donors (Lipinski definition) is 1. The van der Waals surface area contributed by atoms with Crippen LogP contribution >= 0.6 is 11.3 Å². The fraction of sp³-hybridized carbons (Fsp3) is 0.333. The van der Waals surface area contributed by atoms with E-state index in [1.807, 2.05) is 44.2 Å². The van der Waals surface area contributed by atoms with Gasteiger partial charge >= 0.3 is 0 Å². The molecule has 26 heavy (non-hydrogen) atoms. The molecule has 1 atom stereocenters. The maximum atomic E-state index is 12.1. The monoisotopic (exact) mass is 372 g/mol. The average molecular weight is 372 g/mol. The predicted octanol–water partition coefficient (Wildman–Crippen LogP) is 3.20. The Labute approximate surface area is 155 Å². The maximum Gasteiger partial charge on any atom is 0.252 e. The third-order valence-electron chi connectivity index (χ3n) is 3.65. The summed E-state index contributed by atoms with van der Waals surface area (Å²) in [5.41, 5.74) is 1.99. The highest BCUT2D eigenvalue weighted by atomic mass is 32.1. The second-order valence-electron chi connectivity index (χ2n) is 5.85. The smallest absolute Gasteiger partial charge is 0.252 e. The van der Waals surface area contributed by atoms with Gasteiger partial charge in [0, 0.05) is 5.56 Å². The number of amides is 1.